The van der Waals surface area contributed by atoms with Crippen molar-refractivity contribution in [1.29, 1.82) is 0 Å². The van der Waals surface area contributed by atoms with Crippen LogP contribution < -0.4 is 11.2 Å². The van der Waals surface area contributed by atoms with Gasteiger partial charge in [0, 0.05) is 0 Å². The van der Waals surface area contributed by atoms with Crippen molar-refractivity contribution in [3.63, 3.8) is 0 Å². The highest BCUT2D eigenvalue weighted by atomic mass is 35.5. The Bertz CT molecular complexity index is 1590. The highest BCUT2D eigenvalue weighted by molar-refractivity contribution is 6.29. The highest BCUT2D eigenvalue weighted by Gasteiger charge is 2.26. The summed E-state index contributed by atoms with van der Waals surface area (Å²) in [6, 6.07) is 28.1. The van der Waals surface area contributed by atoms with Crippen LogP contribution in [0.4, 0.5) is 0 Å². The van der Waals surface area contributed by atoms with E-state index in [1.807, 2.05) is 105 Å². The summed E-state index contributed by atoms with van der Waals surface area (Å²) < 4.78 is 4.59. The molecule has 0 aliphatic rings. The number of hydrogen-bond donors (Lipinski definition) is 0. The number of rotatable bonds is 6. The molecule has 2 heterocycles. The molecule has 2 atom stereocenters. The first kappa shape index (κ1) is 22.9. The number of fused-ring (bicyclic) bond motifs is 1. The summed E-state index contributed by atoms with van der Waals surface area (Å²) in [4.78, 5) is 32.4. The average Bonchev–Trinajstić information content (AvgIpc) is 3.21. The van der Waals surface area contributed by atoms with Gasteiger partial charge >= 0.3 is 5.69 Å². The van der Waals surface area contributed by atoms with E-state index in [-0.39, 0.29) is 17.0 Å². The monoisotopic (exact) mass is 484 g/mol. The molecule has 176 valence electrons. The number of aromatic nitrogens is 4. The molecule has 2 aromatic heterocycles. The topological polar surface area (TPSA) is 61.8 Å². The normalized spacial score (nSPS) is 13.1. The predicted octanol–water partition coefficient (Wildman–Crippen LogP) is 5.28. The van der Waals surface area contributed by atoms with Crippen molar-refractivity contribution in [3.05, 3.63) is 134 Å². The van der Waals surface area contributed by atoms with Gasteiger partial charge in [0.1, 0.15) is 0 Å². The van der Waals surface area contributed by atoms with Gasteiger partial charge in [0.2, 0.25) is 5.28 Å². The van der Waals surface area contributed by atoms with Gasteiger partial charge in [-0.2, -0.15) is 4.98 Å². The van der Waals surface area contributed by atoms with Crippen molar-refractivity contribution in [2.45, 2.75) is 32.5 Å². The van der Waals surface area contributed by atoms with E-state index >= 15 is 0 Å². The van der Waals surface area contributed by atoms with Crippen LogP contribution in [-0.4, -0.2) is 18.7 Å². The molecule has 0 aliphatic heterocycles. The molecule has 0 radical (unpaired) electrons. The van der Waals surface area contributed by atoms with Crippen LogP contribution in [0.1, 0.15) is 42.6 Å². The van der Waals surface area contributed by atoms with Gasteiger partial charge < -0.3 is 4.57 Å². The van der Waals surface area contributed by atoms with Crippen LogP contribution in [0.15, 0.2) is 101 Å². The van der Waals surface area contributed by atoms with Gasteiger partial charge in [0.05, 0.1) is 18.6 Å². The zero-order valence-electron chi connectivity index (χ0n) is 19.5. The SMILES string of the molecule is CC(c1ccccc1)n1c(=O)c2c(nc(Cl)n2Cc2ccccc2)n(C(C)c2ccccc2)c1=O. The van der Waals surface area contributed by atoms with E-state index in [4.69, 9.17) is 11.6 Å². The van der Waals surface area contributed by atoms with Gasteiger partial charge in [-0.15, -0.1) is 0 Å². The number of imidazole rings is 1. The fourth-order valence-electron chi connectivity index (χ4n) is 4.56. The van der Waals surface area contributed by atoms with Crippen molar-refractivity contribution in [1.82, 2.24) is 18.7 Å². The summed E-state index contributed by atoms with van der Waals surface area (Å²) in [6.45, 7) is 4.16. The van der Waals surface area contributed by atoms with E-state index in [1.54, 1.807) is 9.13 Å². The van der Waals surface area contributed by atoms with E-state index in [2.05, 4.69) is 4.98 Å². The number of halogens is 1. The van der Waals surface area contributed by atoms with Crippen LogP contribution in [0, 0.1) is 0 Å². The second-order valence-corrected chi connectivity index (χ2v) is 8.96. The maximum absolute atomic E-state index is 13.9. The molecule has 35 heavy (non-hydrogen) atoms. The minimum absolute atomic E-state index is 0.166. The minimum atomic E-state index is -0.478. The summed E-state index contributed by atoms with van der Waals surface area (Å²) in [6.07, 6.45) is 0. The Balaban J connectivity index is 1.82. The highest BCUT2D eigenvalue weighted by Crippen LogP contribution is 2.25. The van der Waals surface area contributed by atoms with Gasteiger partial charge in [-0.05, 0) is 42.1 Å². The van der Waals surface area contributed by atoms with E-state index in [0.717, 1.165) is 16.7 Å². The molecule has 0 fully saturated rings. The van der Waals surface area contributed by atoms with E-state index in [9.17, 15) is 9.59 Å². The molecule has 2 unspecified atom stereocenters. The maximum atomic E-state index is 13.9. The zero-order valence-corrected chi connectivity index (χ0v) is 20.3. The first-order chi connectivity index (χ1) is 17.0. The second kappa shape index (κ2) is 9.39. The third-order valence-electron chi connectivity index (χ3n) is 6.49. The lowest BCUT2D eigenvalue weighted by atomic mass is 10.1. The molecule has 0 aliphatic carbocycles. The summed E-state index contributed by atoms with van der Waals surface area (Å²) in [7, 11) is 0. The molecule has 0 N–H and O–H groups in total. The third kappa shape index (κ3) is 4.10. The molecule has 5 rings (SSSR count). The molecule has 7 heteroatoms. The Morgan fingerprint density at radius 2 is 1.23 bits per heavy atom. The Hall–Kier alpha value is -3.90. The third-order valence-corrected chi connectivity index (χ3v) is 6.77. The fraction of sp³-hybridized carbons (Fsp3) is 0.179. The zero-order chi connectivity index (χ0) is 24.5. The number of hydrogen-bond acceptors (Lipinski definition) is 3. The Morgan fingerprint density at radius 3 is 1.77 bits per heavy atom. The molecule has 5 aromatic rings. The van der Waals surface area contributed by atoms with Crippen molar-refractivity contribution in [2.75, 3.05) is 0 Å². The van der Waals surface area contributed by atoms with E-state index in [0.29, 0.717) is 12.1 Å². The quantitative estimate of drug-likeness (QED) is 0.308. The molecule has 0 bridgehead atoms. The van der Waals surface area contributed by atoms with Crippen LogP contribution in [0.3, 0.4) is 0 Å². The number of benzene rings is 3. The lowest BCUT2D eigenvalue weighted by Gasteiger charge is -2.21. The summed E-state index contributed by atoms with van der Waals surface area (Å²) in [5.41, 5.74) is 2.54. The standard InChI is InChI=1S/C28H25ClN4O2/c1-19(22-14-8-4-9-15-22)32-25-24(31(27(29)30-25)18-21-12-6-3-7-13-21)26(34)33(28(32)35)20(2)23-16-10-5-11-17-23/h3-17,19-20H,18H2,1-2H3. The summed E-state index contributed by atoms with van der Waals surface area (Å²) in [5, 5.41) is 0.166. The Morgan fingerprint density at radius 1 is 0.743 bits per heavy atom. The van der Waals surface area contributed by atoms with Crippen LogP contribution in [0.5, 0.6) is 0 Å². The minimum Gasteiger partial charge on any atom is -0.304 e. The van der Waals surface area contributed by atoms with Gasteiger partial charge in [0.25, 0.3) is 5.56 Å². The first-order valence-corrected chi connectivity index (χ1v) is 11.9. The molecule has 0 saturated heterocycles. The molecule has 3 aromatic carbocycles. The van der Waals surface area contributed by atoms with Crippen molar-refractivity contribution < 1.29 is 0 Å². The summed E-state index contributed by atoms with van der Waals surface area (Å²) >= 11 is 6.60. The first-order valence-electron chi connectivity index (χ1n) is 11.5. The molecular weight excluding hydrogens is 460 g/mol. The lowest BCUT2D eigenvalue weighted by molar-refractivity contribution is 0.515. The fourth-order valence-corrected chi connectivity index (χ4v) is 4.79. The van der Waals surface area contributed by atoms with Crippen LogP contribution in [0.25, 0.3) is 11.2 Å². The van der Waals surface area contributed by atoms with Crippen LogP contribution in [0.2, 0.25) is 5.28 Å². The van der Waals surface area contributed by atoms with E-state index in [1.165, 1.54) is 4.57 Å². The van der Waals surface area contributed by atoms with Crippen LogP contribution in [-0.2, 0) is 6.54 Å². The molecular formula is C28H25ClN4O2. The van der Waals surface area contributed by atoms with Crippen molar-refractivity contribution >= 4 is 22.8 Å². The molecule has 6 nitrogen and oxygen atoms in total. The molecule has 0 spiro atoms. The lowest BCUT2D eigenvalue weighted by Crippen LogP contribution is -2.43. The summed E-state index contributed by atoms with van der Waals surface area (Å²) in [5.74, 6) is 0. The average molecular weight is 485 g/mol. The second-order valence-electron chi connectivity index (χ2n) is 8.63. The predicted molar refractivity (Wildman–Crippen MR) is 139 cm³/mol. The van der Waals surface area contributed by atoms with Gasteiger partial charge in [-0.3, -0.25) is 13.9 Å². The largest absolute Gasteiger partial charge is 0.333 e. The van der Waals surface area contributed by atoms with Gasteiger partial charge in [-0.1, -0.05) is 91.0 Å². The van der Waals surface area contributed by atoms with Gasteiger partial charge in [0.15, 0.2) is 11.2 Å². The van der Waals surface area contributed by atoms with Crippen molar-refractivity contribution in [3.8, 4) is 0 Å². The molecule has 0 amide bonds. The maximum Gasteiger partial charge on any atom is 0.333 e. The molecule has 0 saturated carbocycles. The van der Waals surface area contributed by atoms with E-state index < -0.39 is 17.3 Å². The van der Waals surface area contributed by atoms with Crippen LogP contribution >= 0.6 is 11.6 Å². The Labute approximate surface area is 207 Å². The van der Waals surface area contributed by atoms with Gasteiger partial charge in [-0.25, -0.2) is 4.79 Å². The Kier molecular flexibility index (Phi) is 6.14. The number of nitrogens with zero attached hydrogens (tertiary/aromatic N) is 4. The van der Waals surface area contributed by atoms with Crippen molar-refractivity contribution in [2.24, 2.45) is 0 Å². The smallest absolute Gasteiger partial charge is 0.304 e.